The van der Waals surface area contributed by atoms with Gasteiger partial charge in [0.15, 0.2) is 11.6 Å². The molecular weight excluding hydrogens is 566 g/mol. The first-order valence-corrected chi connectivity index (χ1v) is 15.0. The van der Waals surface area contributed by atoms with E-state index in [4.69, 9.17) is 20.2 Å². The Morgan fingerprint density at radius 1 is 0.733 bits per heavy atom. The second-order valence-corrected chi connectivity index (χ2v) is 11.0. The molecule has 9 nitrogen and oxygen atoms in total. The number of benzene rings is 4. The van der Waals surface area contributed by atoms with Crippen molar-refractivity contribution in [3.63, 3.8) is 0 Å². The number of aromatic nitrogens is 3. The second-order valence-electron chi connectivity index (χ2n) is 11.0. The van der Waals surface area contributed by atoms with Gasteiger partial charge in [0.05, 0.1) is 6.54 Å². The summed E-state index contributed by atoms with van der Waals surface area (Å²) >= 11 is 0. The minimum atomic E-state index is 0.176. The van der Waals surface area contributed by atoms with Crippen molar-refractivity contribution >= 4 is 0 Å². The third kappa shape index (κ3) is 9.01. The molecule has 4 aromatic carbocycles. The van der Waals surface area contributed by atoms with Crippen LogP contribution in [-0.4, -0.2) is 49.7 Å². The fraction of sp³-hybridized carbons (Fsp3) is 0.250. The molecule has 0 radical (unpaired) electrons. The van der Waals surface area contributed by atoms with E-state index >= 15 is 0 Å². The maximum absolute atomic E-state index is 9.45. The summed E-state index contributed by atoms with van der Waals surface area (Å²) in [5, 5.41) is 18.9. The number of nitrogens with zero attached hydrogens (tertiary/aromatic N) is 4. The number of hydrogen-bond donors (Lipinski definition) is 3. The summed E-state index contributed by atoms with van der Waals surface area (Å²) in [6, 6.07) is 29.7. The molecule has 1 saturated heterocycles. The quantitative estimate of drug-likeness (QED) is 0.177. The van der Waals surface area contributed by atoms with Gasteiger partial charge in [-0.2, -0.15) is 0 Å². The molecule has 1 fully saturated rings. The van der Waals surface area contributed by atoms with Crippen molar-refractivity contribution in [3.8, 4) is 45.8 Å². The fourth-order valence-electron chi connectivity index (χ4n) is 4.86. The Hall–Kier alpha value is -4.99. The van der Waals surface area contributed by atoms with Gasteiger partial charge >= 0.3 is 0 Å². The van der Waals surface area contributed by atoms with Crippen LogP contribution in [0.15, 0.2) is 97.1 Å². The molecule has 0 saturated carbocycles. The van der Waals surface area contributed by atoms with Crippen molar-refractivity contribution in [1.29, 1.82) is 0 Å². The van der Waals surface area contributed by atoms with Crippen LogP contribution >= 0.6 is 0 Å². The molecule has 0 bridgehead atoms. The van der Waals surface area contributed by atoms with E-state index in [1.165, 1.54) is 19.4 Å². The molecule has 9 heteroatoms. The van der Waals surface area contributed by atoms with Gasteiger partial charge < -0.3 is 30.3 Å². The summed E-state index contributed by atoms with van der Waals surface area (Å²) in [6.07, 6.45) is 2.80. The monoisotopic (exact) mass is 605 g/mol. The lowest BCUT2D eigenvalue weighted by molar-refractivity contribution is 0.305. The molecule has 232 valence electrons. The van der Waals surface area contributed by atoms with Crippen LogP contribution in [0.2, 0.25) is 0 Å². The van der Waals surface area contributed by atoms with Crippen LogP contribution in [-0.2, 0) is 19.8 Å². The van der Waals surface area contributed by atoms with E-state index in [0.29, 0.717) is 42.2 Å². The molecule has 2 heterocycles. The number of aromatic hydroxyl groups is 2. The van der Waals surface area contributed by atoms with Crippen LogP contribution in [0.25, 0.3) is 22.8 Å². The predicted molar refractivity (Wildman–Crippen MR) is 175 cm³/mol. The third-order valence-corrected chi connectivity index (χ3v) is 7.60. The molecule has 1 aliphatic heterocycles. The van der Waals surface area contributed by atoms with Gasteiger partial charge in [-0.15, -0.1) is 0 Å². The van der Waals surface area contributed by atoms with Gasteiger partial charge in [-0.1, -0.05) is 36.4 Å². The van der Waals surface area contributed by atoms with Gasteiger partial charge in [0, 0.05) is 17.2 Å². The highest BCUT2D eigenvalue weighted by Gasteiger charge is 2.14. The highest BCUT2D eigenvalue weighted by atomic mass is 16.5. The molecule has 0 amide bonds. The third-order valence-electron chi connectivity index (χ3n) is 7.60. The maximum Gasteiger partial charge on any atom is 0.163 e. The summed E-state index contributed by atoms with van der Waals surface area (Å²) in [6.45, 7) is 4.47. The Balaban J connectivity index is 0.000000505. The predicted octanol–water partition coefficient (Wildman–Crippen LogP) is 6.33. The Labute approximate surface area is 264 Å². The van der Waals surface area contributed by atoms with Crippen molar-refractivity contribution in [3.05, 3.63) is 114 Å². The van der Waals surface area contributed by atoms with Crippen molar-refractivity contribution in [1.82, 2.24) is 19.9 Å². The zero-order valence-electron chi connectivity index (χ0n) is 25.6. The number of phenolic OH excluding ortho intramolecular Hbond substituents is 2. The second kappa shape index (κ2) is 15.1. The van der Waals surface area contributed by atoms with E-state index in [2.05, 4.69) is 28.8 Å². The SMILES string of the molecule is CC1CCCN1C.NCc1nc(-c2cccc(COc3ccc(O)cc3)c2)nc(-c2cccc(COc3ccc(O)cc3)c2)n1. The molecule has 5 aromatic rings. The molecular formula is C36H39N5O4. The molecule has 1 aliphatic rings. The summed E-state index contributed by atoms with van der Waals surface area (Å²) in [5.41, 5.74) is 9.45. The van der Waals surface area contributed by atoms with E-state index in [1.807, 2.05) is 48.5 Å². The average molecular weight is 606 g/mol. The molecule has 1 aromatic heterocycles. The van der Waals surface area contributed by atoms with Crippen LogP contribution in [0.4, 0.5) is 0 Å². The minimum Gasteiger partial charge on any atom is -0.508 e. The molecule has 45 heavy (non-hydrogen) atoms. The Kier molecular flexibility index (Phi) is 10.6. The Bertz CT molecular complexity index is 1560. The van der Waals surface area contributed by atoms with Gasteiger partial charge in [0.2, 0.25) is 0 Å². The van der Waals surface area contributed by atoms with E-state index in [0.717, 1.165) is 28.3 Å². The van der Waals surface area contributed by atoms with Gasteiger partial charge in [0.1, 0.15) is 42.0 Å². The van der Waals surface area contributed by atoms with Crippen molar-refractivity contribution in [2.24, 2.45) is 5.73 Å². The van der Waals surface area contributed by atoms with Crippen LogP contribution in [0, 0.1) is 0 Å². The van der Waals surface area contributed by atoms with E-state index < -0.39 is 0 Å². The lowest BCUT2D eigenvalue weighted by Crippen LogP contribution is -2.20. The van der Waals surface area contributed by atoms with Crippen molar-refractivity contribution in [2.75, 3.05) is 13.6 Å². The van der Waals surface area contributed by atoms with E-state index in [9.17, 15) is 10.2 Å². The summed E-state index contributed by atoms with van der Waals surface area (Å²) < 4.78 is 11.7. The normalized spacial score (nSPS) is 14.4. The number of nitrogens with two attached hydrogens (primary N) is 1. The van der Waals surface area contributed by atoms with E-state index in [1.54, 1.807) is 48.5 Å². The zero-order valence-corrected chi connectivity index (χ0v) is 25.6. The largest absolute Gasteiger partial charge is 0.508 e. The van der Waals surface area contributed by atoms with Gasteiger partial charge in [-0.05, 0) is 105 Å². The van der Waals surface area contributed by atoms with Crippen LogP contribution in [0.3, 0.4) is 0 Å². The first-order valence-electron chi connectivity index (χ1n) is 15.0. The van der Waals surface area contributed by atoms with Gasteiger partial charge in [-0.3, -0.25) is 0 Å². The number of phenols is 2. The molecule has 4 N–H and O–H groups in total. The number of likely N-dealkylation sites (tertiary alicyclic amines) is 1. The van der Waals surface area contributed by atoms with E-state index in [-0.39, 0.29) is 18.0 Å². The molecule has 1 unspecified atom stereocenters. The summed E-state index contributed by atoms with van der Waals surface area (Å²) in [7, 11) is 2.19. The molecule has 6 rings (SSSR count). The lowest BCUT2D eigenvalue weighted by atomic mass is 10.1. The first kappa shape index (κ1) is 31.4. The van der Waals surface area contributed by atoms with Gasteiger partial charge in [0.25, 0.3) is 0 Å². The minimum absolute atomic E-state index is 0.176. The Morgan fingerprint density at radius 2 is 1.22 bits per heavy atom. The molecule has 0 aliphatic carbocycles. The Morgan fingerprint density at radius 3 is 1.60 bits per heavy atom. The van der Waals surface area contributed by atoms with Crippen molar-refractivity contribution in [2.45, 2.75) is 45.6 Å². The zero-order chi connectivity index (χ0) is 31.6. The number of ether oxygens (including phenoxy) is 2. The summed E-state index contributed by atoms with van der Waals surface area (Å²) in [5.74, 6) is 3.24. The average Bonchev–Trinajstić information content (AvgIpc) is 3.46. The highest BCUT2D eigenvalue weighted by Crippen LogP contribution is 2.24. The lowest BCUT2D eigenvalue weighted by Gasteiger charge is -2.12. The molecule has 1 atom stereocenters. The first-order chi connectivity index (χ1) is 21.9. The topological polar surface area (TPSA) is 127 Å². The number of rotatable bonds is 9. The van der Waals surface area contributed by atoms with Crippen LogP contribution in [0.5, 0.6) is 23.0 Å². The van der Waals surface area contributed by atoms with Crippen molar-refractivity contribution < 1.29 is 19.7 Å². The molecule has 0 spiro atoms. The van der Waals surface area contributed by atoms with Gasteiger partial charge in [-0.25, -0.2) is 15.0 Å². The standard InChI is InChI=1S/C30H26N4O4.C6H13N/c31-17-28-32-29(22-5-1-3-20(15-22)18-37-26-11-7-24(35)8-12-26)34-30(33-28)23-6-2-4-21(16-23)19-38-27-13-9-25(36)10-14-27;1-6-4-3-5-7(6)2/h1-16,35-36H,17-19,31H2;6H,3-5H2,1-2H3. The number of hydrogen-bond acceptors (Lipinski definition) is 9. The smallest absolute Gasteiger partial charge is 0.163 e. The fourth-order valence-corrected chi connectivity index (χ4v) is 4.86. The van der Waals surface area contributed by atoms with Crippen LogP contribution < -0.4 is 15.2 Å². The maximum atomic E-state index is 9.45. The highest BCUT2D eigenvalue weighted by molar-refractivity contribution is 5.62. The summed E-state index contributed by atoms with van der Waals surface area (Å²) in [4.78, 5) is 16.3. The van der Waals surface area contributed by atoms with Crippen LogP contribution in [0.1, 0.15) is 36.7 Å².